The van der Waals surface area contributed by atoms with Gasteiger partial charge < -0.3 is 9.71 Å². The maximum Gasteiger partial charge on any atom is 0.186 e. The molecule has 0 unspecified atom stereocenters. The van der Waals surface area contributed by atoms with Crippen LogP contribution < -0.4 is 0 Å². The van der Waals surface area contributed by atoms with Crippen LogP contribution in [0.1, 0.15) is 54.4 Å². The van der Waals surface area contributed by atoms with E-state index in [0.717, 1.165) is 6.04 Å². The molecule has 0 N–H and O–H groups in total. The molecule has 1 rings (SSSR count). The standard InChI is InChI=1S/C13H29BN2/c1-7-15(8-2)11-9-12(3,4)16(14)13(5,6)10-11/h11H,7-10,14H2,1-6H3. The van der Waals surface area contributed by atoms with Gasteiger partial charge in [0.1, 0.15) is 0 Å². The Kier molecular flexibility index (Phi) is 4.12. The zero-order chi connectivity index (χ0) is 12.6. The Morgan fingerprint density at radius 1 is 1.06 bits per heavy atom. The molecule has 16 heavy (non-hydrogen) atoms. The minimum absolute atomic E-state index is 0.314. The van der Waals surface area contributed by atoms with Gasteiger partial charge in [0, 0.05) is 17.1 Å². The van der Waals surface area contributed by atoms with E-state index in [4.69, 9.17) is 0 Å². The second kappa shape index (κ2) is 4.69. The molecule has 0 aromatic carbocycles. The first kappa shape index (κ1) is 14.0. The van der Waals surface area contributed by atoms with Gasteiger partial charge in [0.05, 0.1) is 0 Å². The van der Waals surface area contributed by atoms with Gasteiger partial charge in [-0.3, -0.25) is 0 Å². The monoisotopic (exact) mass is 224 g/mol. The molecule has 0 spiro atoms. The van der Waals surface area contributed by atoms with Crippen LogP contribution in [0.3, 0.4) is 0 Å². The van der Waals surface area contributed by atoms with Crippen molar-refractivity contribution >= 4 is 7.98 Å². The van der Waals surface area contributed by atoms with Crippen molar-refractivity contribution in [2.24, 2.45) is 0 Å². The van der Waals surface area contributed by atoms with E-state index in [1.54, 1.807) is 0 Å². The summed E-state index contributed by atoms with van der Waals surface area (Å²) in [7, 11) is 2.28. The second-order valence-corrected chi connectivity index (χ2v) is 6.47. The highest BCUT2D eigenvalue weighted by Crippen LogP contribution is 2.38. The van der Waals surface area contributed by atoms with Gasteiger partial charge in [-0.25, -0.2) is 0 Å². The number of rotatable bonds is 3. The topological polar surface area (TPSA) is 6.48 Å². The number of nitrogens with zero attached hydrogens (tertiary/aromatic N) is 2. The highest BCUT2D eigenvalue weighted by atomic mass is 15.2. The summed E-state index contributed by atoms with van der Waals surface area (Å²) in [5.74, 6) is 0. The minimum Gasteiger partial charge on any atom is -0.339 e. The van der Waals surface area contributed by atoms with Gasteiger partial charge >= 0.3 is 0 Å². The van der Waals surface area contributed by atoms with Crippen molar-refractivity contribution in [3.63, 3.8) is 0 Å². The third-order valence-corrected chi connectivity index (χ3v) is 4.62. The molecule has 0 atom stereocenters. The maximum absolute atomic E-state index is 2.62. The molecule has 1 heterocycles. The summed E-state index contributed by atoms with van der Waals surface area (Å²) >= 11 is 0. The van der Waals surface area contributed by atoms with Crippen LogP contribution in [-0.4, -0.2) is 47.9 Å². The summed E-state index contributed by atoms with van der Waals surface area (Å²) in [6, 6.07) is 0.746. The van der Waals surface area contributed by atoms with Crippen molar-refractivity contribution in [2.45, 2.75) is 71.5 Å². The minimum atomic E-state index is 0.314. The van der Waals surface area contributed by atoms with Crippen LogP contribution in [0.25, 0.3) is 0 Å². The van der Waals surface area contributed by atoms with Gasteiger partial charge in [-0.15, -0.1) is 0 Å². The van der Waals surface area contributed by atoms with E-state index in [1.807, 2.05) is 0 Å². The fourth-order valence-corrected chi connectivity index (χ4v) is 3.32. The lowest BCUT2D eigenvalue weighted by Crippen LogP contribution is -2.63. The zero-order valence-electron chi connectivity index (χ0n) is 12.3. The van der Waals surface area contributed by atoms with Crippen molar-refractivity contribution in [1.82, 2.24) is 9.71 Å². The van der Waals surface area contributed by atoms with Gasteiger partial charge in [0.2, 0.25) is 0 Å². The predicted octanol–water partition coefficient (Wildman–Crippen LogP) is 1.90. The predicted molar refractivity (Wildman–Crippen MR) is 74.5 cm³/mol. The van der Waals surface area contributed by atoms with E-state index in [1.165, 1.54) is 25.9 Å². The maximum atomic E-state index is 2.62. The van der Waals surface area contributed by atoms with Crippen molar-refractivity contribution in [3.8, 4) is 0 Å². The lowest BCUT2D eigenvalue weighted by Gasteiger charge is -2.56. The summed E-state index contributed by atoms with van der Waals surface area (Å²) in [5.41, 5.74) is 0.629. The van der Waals surface area contributed by atoms with Crippen molar-refractivity contribution in [3.05, 3.63) is 0 Å². The first-order valence-corrected chi connectivity index (χ1v) is 6.72. The van der Waals surface area contributed by atoms with E-state index >= 15 is 0 Å². The fourth-order valence-electron chi connectivity index (χ4n) is 3.32. The van der Waals surface area contributed by atoms with E-state index in [9.17, 15) is 0 Å². The second-order valence-electron chi connectivity index (χ2n) is 6.47. The summed E-state index contributed by atoms with van der Waals surface area (Å²) in [4.78, 5) is 5.18. The molecular formula is C13H29BN2. The quantitative estimate of drug-likeness (QED) is 0.675. The first-order valence-electron chi connectivity index (χ1n) is 6.72. The third kappa shape index (κ3) is 2.62. The summed E-state index contributed by atoms with van der Waals surface area (Å²) in [6.07, 6.45) is 2.57. The molecule has 0 aliphatic carbocycles. The molecule has 1 fully saturated rings. The van der Waals surface area contributed by atoms with Gasteiger partial charge in [0.25, 0.3) is 0 Å². The van der Waals surface area contributed by atoms with Crippen LogP contribution in [0.5, 0.6) is 0 Å². The molecule has 0 bridgehead atoms. The molecule has 0 amide bonds. The van der Waals surface area contributed by atoms with Gasteiger partial charge in [-0.05, 0) is 53.6 Å². The van der Waals surface area contributed by atoms with Crippen LogP contribution in [0, 0.1) is 0 Å². The lowest BCUT2D eigenvalue weighted by atomic mass is 9.74. The Hall–Kier alpha value is -0.0151. The summed E-state index contributed by atoms with van der Waals surface area (Å²) in [5, 5.41) is 0. The van der Waals surface area contributed by atoms with Crippen LogP contribution in [0.4, 0.5) is 0 Å². The van der Waals surface area contributed by atoms with E-state index in [2.05, 4.69) is 59.2 Å². The summed E-state index contributed by atoms with van der Waals surface area (Å²) in [6.45, 7) is 16.4. The Bertz CT molecular complexity index is 216. The molecule has 2 nitrogen and oxygen atoms in total. The van der Waals surface area contributed by atoms with Crippen molar-refractivity contribution in [1.29, 1.82) is 0 Å². The third-order valence-electron chi connectivity index (χ3n) is 4.62. The van der Waals surface area contributed by atoms with Crippen molar-refractivity contribution in [2.75, 3.05) is 13.1 Å². The molecular weight excluding hydrogens is 195 g/mol. The largest absolute Gasteiger partial charge is 0.339 e. The highest BCUT2D eigenvalue weighted by molar-refractivity contribution is 6.05. The van der Waals surface area contributed by atoms with Crippen molar-refractivity contribution < 1.29 is 0 Å². The Morgan fingerprint density at radius 3 is 1.75 bits per heavy atom. The smallest absolute Gasteiger partial charge is 0.186 e. The first-order chi connectivity index (χ1) is 7.24. The highest BCUT2D eigenvalue weighted by Gasteiger charge is 2.43. The number of hydrogen-bond donors (Lipinski definition) is 0. The molecule has 1 aliphatic rings. The molecule has 94 valence electrons. The summed E-state index contributed by atoms with van der Waals surface area (Å²) < 4.78 is 0. The average molecular weight is 224 g/mol. The van der Waals surface area contributed by atoms with Gasteiger partial charge in [0.15, 0.2) is 7.98 Å². The SMILES string of the molecule is BN1C(C)(C)CC(N(CC)CC)CC1(C)C. The Balaban J connectivity index is 2.86. The average Bonchev–Trinajstić information content (AvgIpc) is 2.15. The lowest BCUT2D eigenvalue weighted by molar-refractivity contribution is -0.00253. The van der Waals surface area contributed by atoms with Crippen LogP contribution in [0.15, 0.2) is 0 Å². The normalized spacial score (nSPS) is 26.2. The molecule has 0 radical (unpaired) electrons. The fraction of sp³-hybridized carbons (Fsp3) is 1.00. The number of hydrogen-bond acceptors (Lipinski definition) is 2. The zero-order valence-corrected chi connectivity index (χ0v) is 12.3. The molecule has 3 heteroatoms. The van der Waals surface area contributed by atoms with Crippen LogP contribution in [-0.2, 0) is 0 Å². The molecule has 0 aromatic rings. The van der Waals surface area contributed by atoms with Crippen LogP contribution >= 0.6 is 0 Å². The molecule has 1 aliphatic heterocycles. The van der Waals surface area contributed by atoms with Crippen LogP contribution in [0.2, 0.25) is 0 Å². The molecule has 0 aromatic heterocycles. The molecule has 1 saturated heterocycles. The van der Waals surface area contributed by atoms with Gasteiger partial charge in [-0.2, -0.15) is 0 Å². The molecule has 0 saturated carbocycles. The van der Waals surface area contributed by atoms with Gasteiger partial charge in [-0.1, -0.05) is 13.8 Å². The van der Waals surface area contributed by atoms with E-state index < -0.39 is 0 Å². The number of piperidine rings is 1. The Morgan fingerprint density at radius 2 is 1.44 bits per heavy atom. The Labute approximate surface area is 103 Å². The van der Waals surface area contributed by atoms with E-state index in [0.29, 0.717) is 11.1 Å². The van der Waals surface area contributed by atoms with E-state index in [-0.39, 0.29) is 0 Å².